The van der Waals surface area contributed by atoms with E-state index in [0.29, 0.717) is 25.2 Å². The molecule has 1 saturated heterocycles. The Balaban J connectivity index is 1.23. The largest absolute Gasteiger partial charge is 0.448 e. The van der Waals surface area contributed by atoms with Crippen molar-refractivity contribution in [3.63, 3.8) is 0 Å². The van der Waals surface area contributed by atoms with Crippen molar-refractivity contribution in [2.45, 2.75) is 24.4 Å². The van der Waals surface area contributed by atoms with Crippen LogP contribution in [0.25, 0.3) is 16.7 Å². The first-order chi connectivity index (χ1) is 16.6. The molecule has 3 heterocycles. The number of pyridine rings is 1. The van der Waals surface area contributed by atoms with Crippen LogP contribution in [0.5, 0.6) is 0 Å². The summed E-state index contributed by atoms with van der Waals surface area (Å²) in [7, 11) is 0. The van der Waals surface area contributed by atoms with E-state index in [1.807, 2.05) is 30.3 Å². The van der Waals surface area contributed by atoms with Crippen molar-refractivity contribution in [1.82, 2.24) is 9.88 Å². The van der Waals surface area contributed by atoms with Crippen LogP contribution in [-0.4, -0.2) is 47.9 Å². The predicted octanol–water partition coefficient (Wildman–Crippen LogP) is 5.68. The quantitative estimate of drug-likeness (QED) is 0.456. The van der Waals surface area contributed by atoms with Crippen molar-refractivity contribution in [2.75, 3.05) is 19.8 Å². The van der Waals surface area contributed by atoms with E-state index in [1.54, 1.807) is 11.0 Å². The van der Waals surface area contributed by atoms with Crippen LogP contribution in [-0.2, 0) is 9.47 Å². The molecular formula is C27H22ClFN2O3. The van der Waals surface area contributed by atoms with Crippen LogP contribution >= 0.6 is 11.6 Å². The van der Waals surface area contributed by atoms with Gasteiger partial charge >= 0.3 is 6.09 Å². The van der Waals surface area contributed by atoms with Crippen molar-refractivity contribution in [3.8, 4) is 11.1 Å². The molecule has 6 rings (SSSR count). The van der Waals surface area contributed by atoms with Gasteiger partial charge in [-0.1, -0.05) is 66.2 Å². The molecule has 0 N–H and O–H groups in total. The summed E-state index contributed by atoms with van der Waals surface area (Å²) in [6.07, 6.45) is 3.46. The third kappa shape index (κ3) is 3.49. The number of carbonyl (C=O) groups is 1. The van der Waals surface area contributed by atoms with E-state index in [2.05, 4.69) is 29.2 Å². The van der Waals surface area contributed by atoms with Crippen molar-refractivity contribution in [3.05, 3.63) is 94.5 Å². The first-order valence-electron chi connectivity index (χ1n) is 11.3. The number of amides is 1. The van der Waals surface area contributed by atoms with Crippen molar-refractivity contribution in [1.29, 1.82) is 0 Å². The molecule has 0 radical (unpaired) electrons. The number of nitrogens with zero attached hydrogens (tertiary/aromatic N) is 2. The Hall–Kier alpha value is -3.22. The Bertz CT molecular complexity index is 1270. The SMILES string of the molecule is O=C(OCC1c2ccccc2-c2ccccc21)N1C2C=C(c3ccnc(Cl)c3F)CC1COC2. The lowest BCUT2D eigenvalue weighted by Gasteiger charge is -2.44. The number of hydrogen-bond donors (Lipinski definition) is 0. The van der Waals surface area contributed by atoms with Gasteiger partial charge < -0.3 is 9.47 Å². The fourth-order valence-electron chi connectivity index (χ4n) is 5.41. The van der Waals surface area contributed by atoms with Gasteiger partial charge in [0, 0.05) is 17.7 Å². The molecule has 7 heteroatoms. The normalized spacial score (nSPS) is 21.0. The smallest absolute Gasteiger partial charge is 0.410 e. The summed E-state index contributed by atoms with van der Waals surface area (Å²) in [6, 6.07) is 17.6. The molecule has 1 fully saturated rings. The third-order valence-electron chi connectivity index (χ3n) is 6.94. The summed E-state index contributed by atoms with van der Waals surface area (Å²) in [4.78, 5) is 18.8. The molecule has 172 valence electrons. The average molecular weight is 477 g/mol. The fraction of sp³-hybridized carbons (Fsp3) is 0.259. The summed E-state index contributed by atoms with van der Waals surface area (Å²) in [6.45, 7) is 0.970. The molecule has 2 unspecified atom stereocenters. The number of halogens is 2. The molecule has 5 nitrogen and oxygen atoms in total. The van der Waals surface area contributed by atoms with Crippen molar-refractivity contribution >= 4 is 23.3 Å². The summed E-state index contributed by atoms with van der Waals surface area (Å²) < 4.78 is 26.2. The van der Waals surface area contributed by atoms with E-state index in [0.717, 1.165) is 5.57 Å². The van der Waals surface area contributed by atoms with E-state index in [-0.39, 0.29) is 35.9 Å². The highest BCUT2D eigenvalue weighted by molar-refractivity contribution is 6.29. The lowest BCUT2D eigenvalue weighted by Crippen LogP contribution is -2.56. The van der Waals surface area contributed by atoms with Crippen LogP contribution in [0.1, 0.15) is 29.0 Å². The molecule has 2 aromatic carbocycles. The van der Waals surface area contributed by atoms with Gasteiger partial charge in [0.1, 0.15) is 6.61 Å². The molecule has 2 aliphatic heterocycles. The number of morpholine rings is 1. The second kappa shape index (κ2) is 8.53. The molecule has 3 aliphatic rings. The molecule has 0 spiro atoms. The maximum absolute atomic E-state index is 14.6. The number of fused-ring (bicyclic) bond motifs is 5. The summed E-state index contributed by atoms with van der Waals surface area (Å²) in [5.41, 5.74) is 5.95. The number of ether oxygens (including phenoxy) is 2. The molecule has 2 atom stereocenters. The zero-order valence-electron chi connectivity index (χ0n) is 18.3. The molecule has 2 bridgehead atoms. The molecule has 1 amide bonds. The van der Waals surface area contributed by atoms with Gasteiger partial charge in [-0.15, -0.1) is 0 Å². The van der Waals surface area contributed by atoms with E-state index in [1.165, 1.54) is 28.5 Å². The maximum atomic E-state index is 14.6. The number of hydrogen-bond acceptors (Lipinski definition) is 4. The molecular weight excluding hydrogens is 455 g/mol. The third-order valence-corrected chi connectivity index (χ3v) is 7.20. The number of rotatable bonds is 3. The van der Waals surface area contributed by atoms with E-state index in [4.69, 9.17) is 21.1 Å². The second-order valence-corrected chi connectivity index (χ2v) is 9.19. The van der Waals surface area contributed by atoms with Crippen molar-refractivity contribution in [2.24, 2.45) is 0 Å². The maximum Gasteiger partial charge on any atom is 0.410 e. The number of aromatic nitrogens is 1. The lowest BCUT2D eigenvalue weighted by atomic mass is 9.90. The van der Waals surface area contributed by atoms with Crippen LogP contribution in [0.3, 0.4) is 0 Å². The lowest BCUT2D eigenvalue weighted by molar-refractivity contribution is -0.0331. The van der Waals surface area contributed by atoms with Crippen molar-refractivity contribution < 1.29 is 18.7 Å². The van der Waals surface area contributed by atoms with Gasteiger partial charge in [0.2, 0.25) is 0 Å². The highest BCUT2D eigenvalue weighted by atomic mass is 35.5. The van der Waals surface area contributed by atoms with Gasteiger partial charge in [-0.2, -0.15) is 0 Å². The molecule has 34 heavy (non-hydrogen) atoms. The molecule has 1 aromatic heterocycles. The Kier molecular flexibility index (Phi) is 5.35. The summed E-state index contributed by atoms with van der Waals surface area (Å²) >= 11 is 5.89. The first kappa shape index (κ1) is 21.3. The highest BCUT2D eigenvalue weighted by Gasteiger charge is 2.40. The first-order valence-corrected chi connectivity index (χ1v) is 11.7. The van der Waals surface area contributed by atoms with Gasteiger partial charge in [-0.05, 0) is 40.3 Å². The van der Waals surface area contributed by atoms with Gasteiger partial charge in [0.15, 0.2) is 11.0 Å². The zero-order valence-corrected chi connectivity index (χ0v) is 19.0. The molecule has 1 aliphatic carbocycles. The monoisotopic (exact) mass is 476 g/mol. The van der Waals surface area contributed by atoms with Crippen LogP contribution in [0.4, 0.5) is 9.18 Å². The summed E-state index contributed by atoms with van der Waals surface area (Å²) in [5.74, 6) is -0.541. The number of benzene rings is 2. The molecule has 0 saturated carbocycles. The topological polar surface area (TPSA) is 51.7 Å². The van der Waals surface area contributed by atoms with Gasteiger partial charge in [0.05, 0.1) is 25.3 Å². The minimum Gasteiger partial charge on any atom is -0.448 e. The van der Waals surface area contributed by atoms with E-state index in [9.17, 15) is 9.18 Å². The van der Waals surface area contributed by atoms with E-state index >= 15 is 0 Å². The van der Waals surface area contributed by atoms with E-state index < -0.39 is 5.82 Å². The zero-order chi connectivity index (χ0) is 23.2. The Labute approximate surface area is 201 Å². The van der Waals surface area contributed by atoms with Crippen LogP contribution in [0.2, 0.25) is 5.15 Å². The van der Waals surface area contributed by atoms with Crippen LogP contribution < -0.4 is 0 Å². The average Bonchev–Trinajstić information content (AvgIpc) is 3.17. The Morgan fingerprint density at radius 3 is 2.47 bits per heavy atom. The summed E-state index contributed by atoms with van der Waals surface area (Å²) in [5, 5.41) is -0.154. The van der Waals surface area contributed by atoms with Gasteiger partial charge in [-0.25, -0.2) is 14.2 Å². The van der Waals surface area contributed by atoms with Gasteiger partial charge in [0.25, 0.3) is 0 Å². The standard InChI is InChI=1S/C27H22ClFN2O3/c28-26-25(29)19(9-10-30-26)16-11-17-13-33-14-18(12-16)31(17)27(32)34-15-24-22-7-3-1-5-20(22)21-6-2-4-8-23(21)24/h1-11,17-18,24H,12-15H2. The minimum absolute atomic E-state index is 0.00334. The van der Waals surface area contributed by atoms with Gasteiger partial charge in [-0.3, -0.25) is 4.90 Å². The molecule has 3 aromatic rings. The number of carbonyl (C=O) groups excluding carboxylic acids is 1. The second-order valence-electron chi connectivity index (χ2n) is 8.83. The van der Waals surface area contributed by atoms with Crippen LogP contribution in [0.15, 0.2) is 66.9 Å². The Morgan fingerprint density at radius 2 is 1.76 bits per heavy atom. The fourth-order valence-corrected chi connectivity index (χ4v) is 5.57. The minimum atomic E-state index is -0.538. The predicted molar refractivity (Wildman–Crippen MR) is 127 cm³/mol. The highest BCUT2D eigenvalue weighted by Crippen LogP contribution is 2.44. The van der Waals surface area contributed by atoms with Crippen LogP contribution in [0, 0.1) is 5.82 Å². The Morgan fingerprint density at radius 1 is 1.06 bits per heavy atom.